The summed E-state index contributed by atoms with van der Waals surface area (Å²) in [7, 11) is 3.55. The zero-order chi connectivity index (χ0) is 18.3. The van der Waals surface area contributed by atoms with E-state index < -0.39 is 0 Å². The molecule has 138 valence electrons. The van der Waals surface area contributed by atoms with Crippen LogP contribution < -0.4 is 9.47 Å². The first-order valence-corrected chi connectivity index (χ1v) is 10.9. The highest BCUT2D eigenvalue weighted by atomic mass is 79.9. The maximum Gasteiger partial charge on any atom is 0.136 e. The smallest absolute Gasteiger partial charge is 0.136 e. The molecule has 0 spiro atoms. The van der Waals surface area contributed by atoms with E-state index in [9.17, 15) is 0 Å². The highest BCUT2D eigenvalue weighted by Crippen LogP contribution is 2.55. The normalized spacial score (nSPS) is 21.7. The van der Waals surface area contributed by atoms with E-state index in [0.717, 1.165) is 33.3 Å². The first kappa shape index (κ1) is 18.4. The van der Waals surface area contributed by atoms with Gasteiger partial charge in [-0.2, -0.15) is 0 Å². The predicted octanol–water partition coefficient (Wildman–Crippen LogP) is 6.77. The molecule has 0 aliphatic heterocycles. The zero-order valence-electron chi connectivity index (χ0n) is 15.3. The van der Waals surface area contributed by atoms with Crippen molar-refractivity contribution in [2.24, 2.45) is 0 Å². The van der Waals surface area contributed by atoms with Crippen LogP contribution in [0.2, 0.25) is 0 Å². The van der Waals surface area contributed by atoms with Crippen LogP contribution in [0, 0.1) is 0 Å². The topological polar surface area (TPSA) is 18.5 Å². The third-order valence-electron chi connectivity index (χ3n) is 5.93. The Bertz CT molecular complexity index is 762. The Hall–Kier alpha value is -1.00. The van der Waals surface area contributed by atoms with Gasteiger partial charge in [-0.15, -0.1) is 0 Å². The summed E-state index contributed by atoms with van der Waals surface area (Å²) in [6.45, 7) is 0. The van der Waals surface area contributed by atoms with Gasteiger partial charge in [-0.3, -0.25) is 0 Å². The molecule has 2 aromatic rings. The summed E-state index contributed by atoms with van der Waals surface area (Å²) < 4.78 is 13.7. The van der Waals surface area contributed by atoms with Gasteiger partial charge in [0.25, 0.3) is 0 Å². The van der Waals surface area contributed by atoms with Crippen molar-refractivity contribution in [1.29, 1.82) is 0 Å². The quantitative estimate of drug-likeness (QED) is 0.473. The van der Waals surface area contributed by atoms with Crippen molar-refractivity contribution >= 4 is 31.9 Å². The maximum absolute atomic E-state index is 5.78. The average Bonchev–Trinajstić information content (AvgIpc) is 2.57. The second kappa shape index (κ2) is 7.55. The van der Waals surface area contributed by atoms with Gasteiger partial charge >= 0.3 is 0 Å². The molecule has 4 bridgehead atoms. The molecule has 0 amide bonds. The number of hydrogen-bond acceptors (Lipinski definition) is 2. The molecule has 2 aliphatic rings. The van der Waals surface area contributed by atoms with Crippen LogP contribution in [0.1, 0.15) is 59.8 Å². The third-order valence-corrected chi connectivity index (χ3v) is 7.10. The number of halogens is 2. The van der Waals surface area contributed by atoms with Crippen LogP contribution in [0.4, 0.5) is 0 Å². The molecule has 0 saturated heterocycles. The van der Waals surface area contributed by atoms with Crippen molar-refractivity contribution in [1.82, 2.24) is 0 Å². The lowest BCUT2D eigenvalue weighted by Gasteiger charge is -2.39. The van der Waals surface area contributed by atoms with Crippen LogP contribution in [0.15, 0.2) is 33.2 Å². The van der Waals surface area contributed by atoms with Gasteiger partial charge in [-0.05, 0) is 117 Å². The lowest BCUT2D eigenvalue weighted by Crippen LogP contribution is -2.23. The molecule has 2 nitrogen and oxygen atoms in total. The molecular weight excluding hydrogens is 456 g/mol. The summed E-state index contributed by atoms with van der Waals surface area (Å²) in [6.07, 6.45) is 7.04. The number of benzene rings is 2. The number of rotatable bonds is 2. The minimum Gasteiger partial charge on any atom is -0.495 e. The lowest BCUT2D eigenvalue weighted by molar-refractivity contribution is 0.314. The summed E-state index contributed by atoms with van der Waals surface area (Å²) in [5.41, 5.74) is 5.51. The molecule has 0 radical (unpaired) electrons. The van der Waals surface area contributed by atoms with Crippen LogP contribution >= 0.6 is 31.9 Å². The average molecular weight is 480 g/mol. The third kappa shape index (κ3) is 3.20. The lowest BCUT2D eigenvalue weighted by atomic mass is 9.66. The van der Waals surface area contributed by atoms with E-state index in [1.165, 1.54) is 47.9 Å². The summed E-state index contributed by atoms with van der Waals surface area (Å²) in [5.74, 6) is 2.96. The van der Waals surface area contributed by atoms with Crippen molar-refractivity contribution in [3.8, 4) is 11.5 Å². The van der Waals surface area contributed by atoms with Gasteiger partial charge in [-0.1, -0.05) is 12.1 Å². The van der Waals surface area contributed by atoms with Crippen molar-refractivity contribution in [3.63, 3.8) is 0 Å². The summed E-state index contributed by atoms with van der Waals surface area (Å²) in [6, 6.07) is 9.23. The number of ether oxygens (including phenoxy) is 2. The minimum atomic E-state index is 0.483. The van der Waals surface area contributed by atoms with E-state index in [4.69, 9.17) is 9.47 Å². The molecular formula is C22H24Br2O2. The fourth-order valence-electron chi connectivity index (χ4n) is 4.52. The Kier molecular flexibility index (Phi) is 5.34. The molecule has 4 rings (SSSR count). The zero-order valence-corrected chi connectivity index (χ0v) is 18.5. The van der Waals surface area contributed by atoms with Crippen LogP contribution in [-0.2, 0) is 12.8 Å². The predicted molar refractivity (Wildman–Crippen MR) is 113 cm³/mol. The maximum atomic E-state index is 5.78. The Morgan fingerprint density at radius 3 is 1.50 bits per heavy atom. The van der Waals surface area contributed by atoms with Gasteiger partial charge in [0, 0.05) is 0 Å². The van der Waals surface area contributed by atoms with E-state index in [1.807, 2.05) is 0 Å². The fraction of sp³-hybridized carbons (Fsp3) is 0.455. The molecule has 0 N–H and O–H groups in total. The number of fused-ring (bicyclic) bond motifs is 7. The monoisotopic (exact) mass is 478 g/mol. The van der Waals surface area contributed by atoms with Gasteiger partial charge in [-0.25, -0.2) is 0 Å². The van der Waals surface area contributed by atoms with Crippen molar-refractivity contribution in [2.75, 3.05) is 14.2 Å². The van der Waals surface area contributed by atoms with Gasteiger partial charge in [0.2, 0.25) is 0 Å². The van der Waals surface area contributed by atoms with Gasteiger partial charge in [0.05, 0.1) is 23.2 Å². The Morgan fingerprint density at radius 1 is 0.731 bits per heavy atom. The molecule has 0 aromatic heterocycles. The van der Waals surface area contributed by atoms with Gasteiger partial charge in [0.1, 0.15) is 11.5 Å². The standard InChI is InChI=1S/C22H24Br2O2/c1-25-21-17-9-13(11-19(21)23)5-3-4-6-14-10-18(16-8-7-15(16)17)22(26-2)20(24)12-14/h9-12,15-16H,3-8H2,1-2H3. The van der Waals surface area contributed by atoms with E-state index in [-0.39, 0.29) is 0 Å². The highest BCUT2D eigenvalue weighted by Gasteiger charge is 2.38. The summed E-state index contributed by atoms with van der Waals surface area (Å²) in [4.78, 5) is 0. The van der Waals surface area contributed by atoms with E-state index in [0.29, 0.717) is 11.8 Å². The van der Waals surface area contributed by atoms with Crippen LogP contribution in [0.25, 0.3) is 0 Å². The van der Waals surface area contributed by atoms with Crippen LogP contribution in [-0.4, -0.2) is 14.2 Å². The molecule has 26 heavy (non-hydrogen) atoms. The molecule has 2 unspecified atom stereocenters. The van der Waals surface area contributed by atoms with Gasteiger partial charge < -0.3 is 9.47 Å². The largest absolute Gasteiger partial charge is 0.495 e. The fourth-order valence-corrected chi connectivity index (χ4v) is 5.89. The molecule has 1 fully saturated rings. The first-order valence-electron chi connectivity index (χ1n) is 9.35. The van der Waals surface area contributed by atoms with Crippen molar-refractivity contribution < 1.29 is 9.47 Å². The first-order chi connectivity index (χ1) is 12.6. The Morgan fingerprint density at radius 2 is 1.15 bits per heavy atom. The number of hydrogen-bond donors (Lipinski definition) is 0. The summed E-state index contributed by atoms with van der Waals surface area (Å²) >= 11 is 7.48. The molecule has 2 aliphatic carbocycles. The number of methoxy groups -OCH3 is 2. The molecule has 4 heteroatoms. The summed E-state index contributed by atoms with van der Waals surface area (Å²) in [5, 5.41) is 0. The molecule has 2 atom stereocenters. The van der Waals surface area contributed by atoms with E-state index in [1.54, 1.807) is 14.2 Å². The van der Waals surface area contributed by atoms with Crippen molar-refractivity contribution in [3.05, 3.63) is 55.5 Å². The van der Waals surface area contributed by atoms with E-state index in [2.05, 4.69) is 56.1 Å². The molecule has 1 saturated carbocycles. The van der Waals surface area contributed by atoms with Crippen molar-refractivity contribution in [2.45, 2.75) is 50.4 Å². The Labute approximate surface area is 172 Å². The second-order valence-electron chi connectivity index (χ2n) is 7.40. The molecule has 2 aromatic carbocycles. The van der Waals surface area contributed by atoms with Gasteiger partial charge in [0.15, 0.2) is 0 Å². The molecule has 0 heterocycles. The SMILES string of the molecule is COc1c(Br)cc2cc1C1CCC1c1cc(cc(Br)c1OC)CCCC2. The van der Waals surface area contributed by atoms with Crippen LogP contribution in [0.5, 0.6) is 11.5 Å². The Balaban J connectivity index is 1.86. The highest BCUT2D eigenvalue weighted by molar-refractivity contribution is 9.10. The van der Waals surface area contributed by atoms with E-state index >= 15 is 0 Å². The number of aryl methyl sites for hydroxylation is 2. The second-order valence-corrected chi connectivity index (χ2v) is 9.11. The minimum absolute atomic E-state index is 0.483. The van der Waals surface area contributed by atoms with Crippen LogP contribution in [0.3, 0.4) is 0 Å².